The summed E-state index contributed by atoms with van der Waals surface area (Å²) in [6, 6.07) is 5.91. The molecule has 3 aliphatic heterocycles. The summed E-state index contributed by atoms with van der Waals surface area (Å²) in [4.78, 5) is 16.1. The quantitative estimate of drug-likeness (QED) is 0.871. The molecule has 2 bridgehead atoms. The molecule has 1 amide bonds. The van der Waals surface area contributed by atoms with Crippen molar-refractivity contribution < 1.29 is 9.53 Å². The number of piperidine rings is 3. The molecule has 6 heteroatoms. The van der Waals surface area contributed by atoms with Gasteiger partial charge in [0.2, 0.25) is 0 Å². The van der Waals surface area contributed by atoms with E-state index in [9.17, 15) is 4.79 Å². The third-order valence-corrected chi connectivity index (χ3v) is 7.56. The number of carbonyl (C=O) groups is 1. The van der Waals surface area contributed by atoms with Crippen molar-refractivity contribution in [1.29, 1.82) is 0 Å². The number of hydrogen-bond donors (Lipinski definition) is 1. The molecule has 1 aromatic heterocycles. The summed E-state index contributed by atoms with van der Waals surface area (Å²) < 4.78 is 6.18. The van der Waals surface area contributed by atoms with Crippen LogP contribution < -0.4 is 10.1 Å². The number of fused-ring (bicyclic) bond motifs is 4. The maximum absolute atomic E-state index is 12.9. The molecule has 3 fully saturated rings. The van der Waals surface area contributed by atoms with E-state index in [1.54, 1.807) is 7.11 Å². The van der Waals surface area contributed by atoms with Crippen LogP contribution in [0.1, 0.15) is 36.4 Å². The van der Waals surface area contributed by atoms with Gasteiger partial charge >= 0.3 is 0 Å². The van der Waals surface area contributed by atoms with Crippen LogP contribution in [0.5, 0.6) is 5.75 Å². The van der Waals surface area contributed by atoms with E-state index in [1.807, 2.05) is 18.2 Å². The van der Waals surface area contributed by atoms with Crippen LogP contribution in [-0.2, 0) is 0 Å². The van der Waals surface area contributed by atoms with Gasteiger partial charge in [-0.15, -0.1) is 11.3 Å². The Labute approximate surface area is 157 Å². The first-order chi connectivity index (χ1) is 11.9. The molecule has 5 rings (SSSR count). The largest absolute Gasteiger partial charge is 0.495 e. The summed E-state index contributed by atoms with van der Waals surface area (Å²) in [7, 11) is 1.60. The maximum Gasteiger partial charge on any atom is 0.261 e. The Morgan fingerprint density at radius 1 is 1.36 bits per heavy atom. The van der Waals surface area contributed by atoms with E-state index in [4.69, 9.17) is 16.3 Å². The minimum Gasteiger partial charge on any atom is -0.495 e. The van der Waals surface area contributed by atoms with Crippen LogP contribution >= 0.6 is 22.9 Å². The number of ether oxygens (including phenoxy) is 1. The summed E-state index contributed by atoms with van der Waals surface area (Å²) in [6.45, 7) is 6.77. The third-order valence-electron chi connectivity index (χ3n) is 5.91. The molecule has 0 aliphatic carbocycles. The second-order valence-corrected chi connectivity index (χ2v) is 8.97. The number of nitrogens with one attached hydrogen (secondary N) is 1. The second kappa shape index (κ2) is 6.15. The Balaban J connectivity index is 1.61. The van der Waals surface area contributed by atoms with Crippen LogP contribution in [0.15, 0.2) is 18.2 Å². The first-order valence-corrected chi connectivity index (χ1v) is 9.93. The van der Waals surface area contributed by atoms with Crippen LogP contribution in [0.4, 0.5) is 0 Å². The van der Waals surface area contributed by atoms with E-state index >= 15 is 0 Å². The standard InChI is InChI=1S/C19H23ClN2O2S/c1-19(2)17(11-6-8-22(19)9-7-11)21-18(23)14-10-12-4-5-13(24-3)15(20)16(12)25-14/h4-5,10-11,17H,6-9H2,1-3H3,(H,21,23)/t17-/m0/s1. The van der Waals surface area contributed by atoms with Crippen molar-refractivity contribution in [1.82, 2.24) is 10.2 Å². The number of nitrogens with zero attached hydrogens (tertiary/aromatic N) is 1. The number of methoxy groups -OCH3 is 1. The van der Waals surface area contributed by atoms with E-state index in [1.165, 1.54) is 24.2 Å². The molecule has 1 N–H and O–H groups in total. The van der Waals surface area contributed by atoms with Crippen LogP contribution in [0.25, 0.3) is 10.1 Å². The van der Waals surface area contributed by atoms with Gasteiger partial charge in [-0.3, -0.25) is 9.69 Å². The molecule has 0 radical (unpaired) electrons. The molecule has 3 saturated heterocycles. The van der Waals surface area contributed by atoms with Crippen molar-refractivity contribution in [2.24, 2.45) is 5.92 Å². The van der Waals surface area contributed by atoms with Crippen LogP contribution in [0.3, 0.4) is 0 Å². The summed E-state index contributed by atoms with van der Waals surface area (Å²) in [6.07, 6.45) is 2.34. The Morgan fingerprint density at radius 2 is 2.08 bits per heavy atom. The topological polar surface area (TPSA) is 41.6 Å². The summed E-state index contributed by atoms with van der Waals surface area (Å²) in [5, 5.41) is 4.88. The highest BCUT2D eigenvalue weighted by Gasteiger charge is 2.48. The van der Waals surface area contributed by atoms with Crippen molar-refractivity contribution in [2.75, 3.05) is 20.2 Å². The molecule has 3 aliphatic rings. The molecule has 1 aromatic carbocycles. The number of amides is 1. The second-order valence-electron chi connectivity index (χ2n) is 7.54. The lowest BCUT2D eigenvalue weighted by molar-refractivity contribution is -0.0377. The summed E-state index contributed by atoms with van der Waals surface area (Å²) in [5.41, 5.74) is 0.00831. The van der Waals surface area contributed by atoms with Gasteiger partial charge in [0.25, 0.3) is 5.91 Å². The van der Waals surface area contributed by atoms with E-state index < -0.39 is 0 Å². The van der Waals surface area contributed by atoms with Gasteiger partial charge in [0.05, 0.1) is 16.7 Å². The molecule has 4 heterocycles. The number of rotatable bonds is 3. The Kier molecular flexibility index (Phi) is 4.21. The zero-order valence-electron chi connectivity index (χ0n) is 14.8. The average molecular weight is 379 g/mol. The normalized spacial score (nSPS) is 27.4. The SMILES string of the molecule is COc1ccc2cc(C(=O)N[C@H]3C4CCN(CC4)C3(C)C)sc2c1Cl. The van der Waals surface area contributed by atoms with Crippen molar-refractivity contribution in [3.63, 3.8) is 0 Å². The highest BCUT2D eigenvalue weighted by atomic mass is 35.5. The average Bonchev–Trinajstić information content (AvgIpc) is 3.04. The first-order valence-electron chi connectivity index (χ1n) is 8.74. The zero-order valence-corrected chi connectivity index (χ0v) is 16.3. The number of hydrogen-bond acceptors (Lipinski definition) is 4. The number of halogens is 1. The molecular formula is C19H23ClN2O2S. The van der Waals surface area contributed by atoms with E-state index in [2.05, 4.69) is 24.1 Å². The fourth-order valence-electron chi connectivity index (χ4n) is 4.41. The van der Waals surface area contributed by atoms with Crippen LogP contribution in [0.2, 0.25) is 5.02 Å². The number of carbonyl (C=O) groups excluding carboxylic acids is 1. The molecule has 0 saturated carbocycles. The molecule has 1 atom stereocenters. The Morgan fingerprint density at radius 3 is 2.72 bits per heavy atom. The van der Waals surface area contributed by atoms with Gasteiger partial charge in [-0.05, 0) is 69.3 Å². The maximum atomic E-state index is 12.9. The number of benzene rings is 1. The van der Waals surface area contributed by atoms with Crippen molar-refractivity contribution >= 4 is 38.9 Å². The van der Waals surface area contributed by atoms with Crippen molar-refractivity contribution in [3.05, 3.63) is 28.1 Å². The zero-order chi connectivity index (χ0) is 17.8. The Bertz CT molecular complexity index is 824. The van der Waals surface area contributed by atoms with E-state index in [0.717, 1.165) is 23.2 Å². The van der Waals surface area contributed by atoms with Crippen molar-refractivity contribution in [3.8, 4) is 5.75 Å². The highest BCUT2D eigenvalue weighted by Crippen LogP contribution is 2.40. The third kappa shape index (κ3) is 2.73. The lowest BCUT2D eigenvalue weighted by Crippen LogP contribution is -2.69. The Hall–Kier alpha value is -1.30. The highest BCUT2D eigenvalue weighted by molar-refractivity contribution is 7.21. The molecule has 0 unspecified atom stereocenters. The van der Waals surface area contributed by atoms with Gasteiger partial charge in [-0.1, -0.05) is 11.6 Å². The molecular weight excluding hydrogens is 356 g/mol. The fraction of sp³-hybridized carbons (Fsp3) is 0.526. The monoisotopic (exact) mass is 378 g/mol. The smallest absolute Gasteiger partial charge is 0.261 e. The van der Waals surface area contributed by atoms with Crippen LogP contribution in [0, 0.1) is 5.92 Å². The van der Waals surface area contributed by atoms with Crippen molar-refractivity contribution in [2.45, 2.75) is 38.3 Å². The molecule has 4 nitrogen and oxygen atoms in total. The first kappa shape index (κ1) is 17.1. The lowest BCUT2D eigenvalue weighted by Gasteiger charge is -2.56. The molecule has 0 spiro atoms. The van der Waals surface area contributed by atoms with Gasteiger partial charge in [0.1, 0.15) is 10.8 Å². The van der Waals surface area contributed by atoms with Gasteiger partial charge in [0, 0.05) is 11.6 Å². The number of thiophene rings is 1. The minimum atomic E-state index is 0.00283. The molecule has 25 heavy (non-hydrogen) atoms. The lowest BCUT2D eigenvalue weighted by atomic mass is 9.72. The summed E-state index contributed by atoms with van der Waals surface area (Å²) in [5.74, 6) is 1.21. The fourth-order valence-corrected chi connectivity index (χ4v) is 5.77. The van der Waals surface area contributed by atoms with Gasteiger partial charge in [-0.2, -0.15) is 0 Å². The van der Waals surface area contributed by atoms with E-state index in [0.29, 0.717) is 21.6 Å². The van der Waals surface area contributed by atoms with Gasteiger partial charge in [0.15, 0.2) is 0 Å². The minimum absolute atomic E-state index is 0.00283. The predicted octanol–water partition coefficient (Wildman–Crippen LogP) is 4.17. The van der Waals surface area contributed by atoms with Gasteiger partial charge in [-0.25, -0.2) is 0 Å². The molecule has 134 valence electrons. The van der Waals surface area contributed by atoms with E-state index in [-0.39, 0.29) is 17.5 Å². The van der Waals surface area contributed by atoms with Crippen LogP contribution in [-0.4, -0.2) is 42.6 Å². The molecule has 2 aromatic rings. The van der Waals surface area contributed by atoms with Gasteiger partial charge < -0.3 is 10.1 Å². The predicted molar refractivity (Wildman–Crippen MR) is 103 cm³/mol. The summed E-state index contributed by atoms with van der Waals surface area (Å²) >= 11 is 7.83.